The highest BCUT2D eigenvalue weighted by Gasteiger charge is 2.14. The van der Waals surface area contributed by atoms with Gasteiger partial charge in [-0.2, -0.15) is 0 Å². The molecule has 0 fully saturated rings. The van der Waals surface area contributed by atoms with Crippen LogP contribution in [0.1, 0.15) is 20.2 Å². The monoisotopic (exact) mass is 285 g/mol. The minimum Gasteiger partial charge on any atom is -0.335 e. The van der Waals surface area contributed by atoms with Crippen molar-refractivity contribution in [2.24, 2.45) is 5.73 Å². The van der Waals surface area contributed by atoms with Crippen molar-refractivity contribution >= 4 is 17.2 Å². The number of amides is 1. The van der Waals surface area contributed by atoms with Crippen LogP contribution in [-0.2, 0) is 6.54 Å². The highest BCUT2D eigenvalue weighted by Crippen LogP contribution is 2.17. The van der Waals surface area contributed by atoms with Gasteiger partial charge in [-0.3, -0.25) is 9.78 Å². The van der Waals surface area contributed by atoms with Crippen molar-refractivity contribution in [1.29, 1.82) is 0 Å². The fraction of sp³-hybridized carbons (Fsp3) is 0.200. The lowest BCUT2D eigenvalue weighted by Gasteiger charge is -2.15. The van der Waals surface area contributed by atoms with Gasteiger partial charge in [0.25, 0.3) is 5.91 Å². The standard InChI is InChI=1S/C15H15N3OS/c1-18(11-12-5-2-3-10-17-12)15(19)14-8-7-13(20-14)6-4-9-16/h2-3,5,7-8,10H,9,11,16H2,1H3. The summed E-state index contributed by atoms with van der Waals surface area (Å²) in [6.45, 7) is 0.808. The van der Waals surface area contributed by atoms with Crippen molar-refractivity contribution in [3.63, 3.8) is 0 Å². The van der Waals surface area contributed by atoms with Crippen LogP contribution in [0.5, 0.6) is 0 Å². The van der Waals surface area contributed by atoms with E-state index in [9.17, 15) is 4.79 Å². The highest BCUT2D eigenvalue weighted by atomic mass is 32.1. The average Bonchev–Trinajstić information content (AvgIpc) is 2.94. The predicted molar refractivity (Wildman–Crippen MR) is 80.3 cm³/mol. The Bertz CT molecular complexity index is 640. The minimum absolute atomic E-state index is 0.0264. The van der Waals surface area contributed by atoms with Crippen LogP contribution in [0.4, 0.5) is 0 Å². The van der Waals surface area contributed by atoms with Crippen LogP contribution < -0.4 is 5.73 Å². The number of aromatic nitrogens is 1. The smallest absolute Gasteiger partial charge is 0.264 e. The van der Waals surface area contributed by atoms with E-state index in [0.717, 1.165) is 10.6 Å². The largest absolute Gasteiger partial charge is 0.335 e. The summed E-state index contributed by atoms with van der Waals surface area (Å²) in [5.41, 5.74) is 6.19. The van der Waals surface area contributed by atoms with Crippen molar-refractivity contribution in [2.75, 3.05) is 13.6 Å². The molecule has 0 saturated heterocycles. The maximum atomic E-state index is 12.3. The van der Waals surface area contributed by atoms with E-state index in [-0.39, 0.29) is 5.91 Å². The van der Waals surface area contributed by atoms with Gasteiger partial charge < -0.3 is 10.6 Å². The fourth-order valence-corrected chi connectivity index (χ4v) is 2.53. The van der Waals surface area contributed by atoms with Crippen molar-refractivity contribution in [3.8, 4) is 11.8 Å². The van der Waals surface area contributed by atoms with Gasteiger partial charge in [0.1, 0.15) is 0 Å². The van der Waals surface area contributed by atoms with E-state index in [1.165, 1.54) is 11.3 Å². The fourth-order valence-electron chi connectivity index (χ4n) is 1.65. The van der Waals surface area contributed by atoms with Crippen LogP contribution in [0.3, 0.4) is 0 Å². The quantitative estimate of drug-likeness (QED) is 0.874. The number of carbonyl (C=O) groups is 1. The van der Waals surface area contributed by atoms with Crippen LogP contribution in [-0.4, -0.2) is 29.4 Å². The molecule has 0 aromatic carbocycles. The third kappa shape index (κ3) is 3.67. The second-order valence-electron chi connectivity index (χ2n) is 4.15. The first-order valence-corrected chi connectivity index (χ1v) is 6.96. The Balaban J connectivity index is 2.05. The van der Waals surface area contributed by atoms with Gasteiger partial charge in [0.15, 0.2) is 0 Å². The van der Waals surface area contributed by atoms with Gasteiger partial charge in [0, 0.05) is 13.2 Å². The summed E-state index contributed by atoms with van der Waals surface area (Å²) in [4.78, 5) is 19.7. The third-order valence-corrected chi connectivity index (χ3v) is 3.59. The number of nitrogens with two attached hydrogens (primary N) is 1. The summed E-state index contributed by atoms with van der Waals surface area (Å²) in [7, 11) is 1.77. The molecular formula is C15H15N3OS. The molecule has 0 saturated carbocycles. The zero-order valence-electron chi connectivity index (χ0n) is 11.2. The number of thiophene rings is 1. The van der Waals surface area contributed by atoms with E-state index < -0.39 is 0 Å². The van der Waals surface area contributed by atoms with Gasteiger partial charge >= 0.3 is 0 Å². The van der Waals surface area contributed by atoms with Crippen molar-refractivity contribution in [2.45, 2.75) is 6.54 Å². The zero-order valence-corrected chi connectivity index (χ0v) is 12.0. The molecule has 0 radical (unpaired) electrons. The van der Waals surface area contributed by atoms with Crippen LogP contribution >= 0.6 is 11.3 Å². The second-order valence-corrected chi connectivity index (χ2v) is 5.24. The first-order chi connectivity index (χ1) is 9.70. The van der Waals surface area contributed by atoms with E-state index in [1.54, 1.807) is 24.2 Å². The Morgan fingerprint density at radius 3 is 2.95 bits per heavy atom. The van der Waals surface area contributed by atoms with Crippen molar-refractivity contribution in [1.82, 2.24) is 9.88 Å². The van der Waals surface area contributed by atoms with Gasteiger partial charge in [-0.15, -0.1) is 11.3 Å². The Morgan fingerprint density at radius 1 is 1.40 bits per heavy atom. The van der Waals surface area contributed by atoms with Crippen LogP contribution in [0.15, 0.2) is 36.5 Å². The number of pyridine rings is 1. The van der Waals surface area contributed by atoms with E-state index >= 15 is 0 Å². The lowest BCUT2D eigenvalue weighted by molar-refractivity contribution is 0.0788. The van der Waals surface area contributed by atoms with Crippen LogP contribution in [0.25, 0.3) is 0 Å². The van der Waals surface area contributed by atoms with E-state index in [1.807, 2.05) is 24.3 Å². The minimum atomic E-state index is -0.0264. The third-order valence-electron chi connectivity index (χ3n) is 2.60. The van der Waals surface area contributed by atoms with E-state index in [4.69, 9.17) is 5.73 Å². The first-order valence-electron chi connectivity index (χ1n) is 6.15. The number of nitrogens with zero attached hydrogens (tertiary/aromatic N) is 2. The summed E-state index contributed by atoms with van der Waals surface area (Å²) in [6, 6.07) is 9.30. The lowest BCUT2D eigenvalue weighted by Crippen LogP contribution is -2.25. The molecule has 0 bridgehead atoms. The highest BCUT2D eigenvalue weighted by molar-refractivity contribution is 7.14. The molecule has 0 unspecified atom stereocenters. The van der Waals surface area contributed by atoms with E-state index in [2.05, 4.69) is 16.8 Å². The lowest BCUT2D eigenvalue weighted by atomic mass is 10.3. The molecule has 4 nitrogen and oxygen atoms in total. The normalized spacial score (nSPS) is 9.70. The number of hydrogen-bond donors (Lipinski definition) is 1. The molecule has 0 aliphatic heterocycles. The van der Waals surface area contributed by atoms with Crippen molar-refractivity contribution in [3.05, 3.63) is 52.0 Å². The Labute approximate surface area is 122 Å². The SMILES string of the molecule is CN(Cc1ccccn1)C(=O)c1ccc(C#CCN)s1. The predicted octanol–water partition coefficient (Wildman–Crippen LogP) is 1.73. The van der Waals surface area contributed by atoms with Crippen molar-refractivity contribution < 1.29 is 4.79 Å². The summed E-state index contributed by atoms with van der Waals surface area (Å²) in [5.74, 6) is 5.68. The molecule has 0 aliphatic carbocycles. The maximum Gasteiger partial charge on any atom is 0.264 e. The molecule has 5 heteroatoms. The van der Waals surface area contributed by atoms with E-state index in [0.29, 0.717) is 18.0 Å². The van der Waals surface area contributed by atoms with Gasteiger partial charge in [-0.05, 0) is 24.3 Å². The van der Waals surface area contributed by atoms with Crippen LogP contribution in [0.2, 0.25) is 0 Å². The number of carbonyl (C=O) groups excluding carboxylic acids is 1. The topological polar surface area (TPSA) is 59.2 Å². The maximum absolute atomic E-state index is 12.3. The molecule has 0 aliphatic rings. The molecule has 102 valence electrons. The van der Waals surface area contributed by atoms with Gasteiger partial charge in [-0.25, -0.2) is 0 Å². The molecule has 0 atom stereocenters. The Kier molecular flexibility index (Phi) is 4.88. The average molecular weight is 285 g/mol. The summed E-state index contributed by atoms with van der Waals surface area (Å²) in [5, 5.41) is 0. The molecule has 2 aromatic rings. The Hall–Kier alpha value is -2.16. The zero-order chi connectivity index (χ0) is 14.4. The van der Waals surface area contributed by atoms with Gasteiger partial charge in [0.05, 0.1) is 28.5 Å². The number of rotatable bonds is 3. The molecule has 1 amide bonds. The Morgan fingerprint density at radius 2 is 2.25 bits per heavy atom. The molecular weight excluding hydrogens is 270 g/mol. The molecule has 0 spiro atoms. The van der Waals surface area contributed by atoms with Crippen LogP contribution in [0, 0.1) is 11.8 Å². The molecule has 2 N–H and O–H groups in total. The molecule has 2 aromatic heterocycles. The summed E-state index contributed by atoms with van der Waals surface area (Å²) in [6.07, 6.45) is 1.72. The number of hydrogen-bond acceptors (Lipinski definition) is 4. The molecule has 20 heavy (non-hydrogen) atoms. The molecule has 2 heterocycles. The summed E-state index contributed by atoms with van der Waals surface area (Å²) >= 11 is 1.38. The first kappa shape index (κ1) is 14.3. The summed E-state index contributed by atoms with van der Waals surface area (Å²) < 4.78 is 0. The van der Waals surface area contributed by atoms with Gasteiger partial charge in [-0.1, -0.05) is 17.9 Å². The second kappa shape index (κ2) is 6.85. The molecule has 2 rings (SSSR count). The van der Waals surface area contributed by atoms with Gasteiger partial charge in [0.2, 0.25) is 0 Å².